The molecule has 0 radical (unpaired) electrons. The molecule has 1 aromatic carbocycles. The minimum Gasteiger partial charge on any atom is -0.393 e. The molecule has 110 valence electrons. The first-order valence-corrected chi connectivity index (χ1v) is 7.12. The fourth-order valence-electron chi connectivity index (χ4n) is 2.87. The second kappa shape index (κ2) is 6.33. The van der Waals surface area contributed by atoms with Gasteiger partial charge in [0.05, 0.1) is 11.0 Å². The summed E-state index contributed by atoms with van der Waals surface area (Å²) in [4.78, 5) is 12.9. The third-order valence-corrected chi connectivity index (χ3v) is 4.32. The van der Waals surface area contributed by atoms with Crippen molar-refractivity contribution in [1.82, 2.24) is 4.90 Å². The van der Waals surface area contributed by atoms with E-state index in [-0.39, 0.29) is 16.7 Å². The van der Waals surface area contributed by atoms with E-state index in [4.69, 9.17) is 0 Å². The first kappa shape index (κ1) is 14.9. The van der Waals surface area contributed by atoms with E-state index in [2.05, 4.69) is 4.90 Å². The monoisotopic (exact) mass is 278 g/mol. The summed E-state index contributed by atoms with van der Waals surface area (Å²) in [5.41, 5.74) is 1.98. The van der Waals surface area contributed by atoms with Crippen molar-refractivity contribution in [3.05, 3.63) is 39.4 Å². The highest BCUT2D eigenvalue weighted by atomic mass is 16.6. The molecular weight excluding hydrogens is 256 g/mol. The number of rotatable bonds is 4. The standard InChI is InChI=1S/C15H22N2O3/c1-11-14(4-3-5-15(11)17(19)20)10-16-8-6-13(7-9-16)12(2)18/h3-5,12-13,18H,6-10H2,1-2H3. The Morgan fingerprint density at radius 3 is 2.65 bits per heavy atom. The second-order valence-electron chi connectivity index (χ2n) is 5.67. The maximum absolute atomic E-state index is 10.9. The van der Waals surface area contributed by atoms with Crippen LogP contribution in [-0.2, 0) is 6.54 Å². The van der Waals surface area contributed by atoms with Crippen LogP contribution in [0.25, 0.3) is 0 Å². The Bertz CT molecular complexity index is 480. The third-order valence-electron chi connectivity index (χ3n) is 4.32. The van der Waals surface area contributed by atoms with E-state index in [1.165, 1.54) is 0 Å². The van der Waals surface area contributed by atoms with Crippen molar-refractivity contribution < 1.29 is 10.0 Å². The van der Waals surface area contributed by atoms with Crippen LogP contribution in [0.5, 0.6) is 0 Å². The molecule has 0 bridgehead atoms. The summed E-state index contributed by atoms with van der Waals surface area (Å²) in [7, 11) is 0. The number of piperidine rings is 1. The molecule has 0 aliphatic carbocycles. The highest BCUT2D eigenvalue weighted by molar-refractivity contribution is 5.44. The predicted molar refractivity (Wildman–Crippen MR) is 77.5 cm³/mol. The number of benzene rings is 1. The molecule has 1 unspecified atom stereocenters. The van der Waals surface area contributed by atoms with Gasteiger partial charge in [0.2, 0.25) is 0 Å². The van der Waals surface area contributed by atoms with Crippen LogP contribution in [0, 0.1) is 23.0 Å². The Morgan fingerprint density at radius 2 is 2.10 bits per heavy atom. The van der Waals surface area contributed by atoms with E-state index in [0.29, 0.717) is 5.92 Å². The van der Waals surface area contributed by atoms with Crippen molar-refractivity contribution in [2.75, 3.05) is 13.1 Å². The maximum Gasteiger partial charge on any atom is 0.272 e. The Labute approximate surface area is 119 Å². The van der Waals surface area contributed by atoms with Crippen LogP contribution >= 0.6 is 0 Å². The van der Waals surface area contributed by atoms with Gasteiger partial charge in [0.15, 0.2) is 0 Å². The molecule has 5 nitrogen and oxygen atoms in total. The van der Waals surface area contributed by atoms with Crippen molar-refractivity contribution >= 4 is 5.69 Å². The van der Waals surface area contributed by atoms with Crippen molar-refractivity contribution in [3.8, 4) is 0 Å². The fraction of sp³-hybridized carbons (Fsp3) is 0.600. The molecule has 0 amide bonds. The lowest BCUT2D eigenvalue weighted by Crippen LogP contribution is -2.36. The topological polar surface area (TPSA) is 66.6 Å². The Balaban J connectivity index is 2.01. The largest absolute Gasteiger partial charge is 0.393 e. The summed E-state index contributed by atoms with van der Waals surface area (Å²) in [5.74, 6) is 0.387. The number of nitro groups is 1. The number of nitro benzene ring substituents is 1. The van der Waals surface area contributed by atoms with Crippen molar-refractivity contribution in [2.24, 2.45) is 5.92 Å². The molecule has 1 heterocycles. The predicted octanol–water partition coefficient (Wildman–Crippen LogP) is 2.50. The molecule has 1 aliphatic rings. The number of hydrogen-bond acceptors (Lipinski definition) is 4. The lowest BCUT2D eigenvalue weighted by molar-refractivity contribution is -0.385. The molecule has 0 spiro atoms. The molecule has 1 fully saturated rings. The zero-order valence-electron chi connectivity index (χ0n) is 12.1. The van der Waals surface area contributed by atoms with Crippen LogP contribution < -0.4 is 0 Å². The van der Waals surface area contributed by atoms with E-state index < -0.39 is 0 Å². The van der Waals surface area contributed by atoms with Crippen molar-refractivity contribution in [1.29, 1.82) is 0 Å². The lowest BCUT2D eigenvalue weighted by Gasteiger charge is -2.33. The van der Waals surface area contributed by atoms with Gasteiger partial charge < -0.3 is 5.11 Å². The van der Waals surface area contributed by atoms with Crippen LogP contribution in [0.1, 0.15) is 30.9 Å². The van der Waals surface area contributed by atoms with Crippen LogP contribution in [0.4, 0.5) is 5.69 Å². The number of aliphatic hydroxyl groups excluding tert-OH is 1. The van der Waals surface area contributed by atoms with Gasteiger partial charge in [0.1, 0.15) is 0 Å². The highest BCUT2D eigenvalue weighted by Crippen LogP contribution is 2.25. The number of likely N-dealkylation sites (tertiary alicyclic amines) is 1. The zero-order valence-corrected chi connectivity index (χ0v) is 12.1. The van der Waals surface area contributed by atoms with Gasteiger partial charge >= 0.3 is 0 Å². The number of hydrogen-bond donors (Lipinski definition) is 1. The molecule has 0 aromatic heterocycles. The summed E-state index contributed by atoms with van der Waals surface area (Å²) in [6.45, 7) is 6.30. The summed E-state index contributed by atoms with van der Waals surface area (Å²) in [6, 6.07) is 5.27. The average molecular weight is 278 g/mol. The SMILES string of the molecule is Cc1c(CN2CCC(C(C)O)CC2)cccc1[N+](=O)[O-]. The summed E-state index contributed by atoms with van der Waals surface area (Å²) in [6.07, 6.45) is 1.74. The van der Waals surface area contributed by atoms with Crippen LogP contribution in [0.2, 0.25) is 0 Å². The molecule has 20 heavy (non-hydrogen) atoms. The van der Waals surface area contributed by atoms with Gasteiger partial charge in [-0.05, 0) is 51.3 Å². The minimum atomic E-state index is -0.321. The van der Waals surface area contributed by atoms with Gasteiger partial charge in [0, 0.05) is 18.2 Å². The van der Waals surface area contributed by atoms with Crippen LogP contribution in [0.15, 0.2) is 18.2 Å². The fourth-order valence-corrected chi connectivity index (χ4v) is 2.87. The van der Waals surface area contributed by atoms with E-state index in [1.807, 2.05) is 19.9 Å². The number of nitrogens with zero attached hydrogens (tertiary/aromatic N) is 2. The molecular formula is C15H22N2O3. The maximum atomic E-state index is 10.9. The molecule has 2 rings (SSSR count). The highest BCUT2D eigenvalue weighted by Gasteiger charge is 2.23. The average Bonchev–Trinajstić information content (AvgIpc) is 2.41. The summed E-state index contributed by atoms with van der Waals surface area (Å²) >= 11 is 0. The normalized spacial score (nSPS) is 18.9. The third kappa shape index (κ3) is 3.35. The van der Waals surface area contributed by atoms with Gasteiger partial charge in [-0.3, -0.25) is 15.0 Å². The van der Waals surface area contributed by atoms with Crippen LogP contribution in [-0.4, -0.2) is 34.1 Å². The summed E-state index contributed by atoms with van der Waals surface area (Å²) in [5, 5.41) is 20.5. The minimum absolute atomic E-state index is 0.196. The van der Waals surface area contributed by atoms with Gasteiger partial charge in [-0.1, -0.05) is 12.1 Å². The Morgan fingerprint density at radius 1 is 1.45 bits per heavy atom. The first-order chi connectivity index (χ1) is 9.49. The second-order valence-corrected chi connectivity index (χ2v) is 5.67. The summed E-state index contributed by atoms with van der Waals surface area (Å²) < 4.78 is 0. The van der Waals surface area contributed by atoms with Crippen molar-refractivity contribution in [3.63, 3.8) is 0 Å². The first-order valence-electron chi connectivity index (χ1n) is 7.12. The molecule has 0 saturated carbocycles. The quantitative estimate of drug-likeness (QED) is 0.678. The van der Waals surface area contributed by atoms with E-state index in [0.717, 1.165) is 43.6 Å². The smallest absolute Gasteiger partial charge is 0.272 e. The van der Waals surface area contributed by atoms with Crippen LogP contribution in [0.3, 0.4) is 0 Å². The van der Waals surface area contributed by atoms with Gasteiger partial charge in [0.25, 0.3) is 5.69 Å². The molecule has 1 aliphatic heterocycles. The van der Waals surface area contributed by atoms with Crippen molar-refractivity contribution in [2.45, 2.75) is 39.3 Å². The molecule has 1 atom stereocenters. The molecule has 5 heteroatoms. The van der Waals surface area contributed by atoms with Gasteiger partial charge in [-0.2, -0.15) is 0 Å². The molecule has 1 N–H and O–H groups in total. The Kier molecular flexibility index (Phi) is 4.73. The zero-order chi connectivity index (χ0) is 14.7. The van der Waals surface area contributed by atoms with Gasteiger partial charge in [-0.15, -0.1) is 0 Å². The molecule has 1 aromatic rings. The van der Waals surface area contributed by atoms with E-state index in [9.17, 15) is 15.2 Å². The van der Waals surface area contributed by atoms with E-state index >= 15 is 0 Å². The Hall–Kier alpha value is -1.46. The molecule has 1 saturated heterocycles. The number of aliphatic hydroxyl groups is 1. The van der Waals surface area contributed by atoms with E-state index in [1.54, 1.807) is 12.1 Å². The lowest BCUT2D eigenvalue weighted by atomic mass is 9.92. The van der Waals surface area contributed by atoms with Gasteiger partial charge in [-0.25, -0.2) is 0 Å².